The molecule has 1 saturated carbocycles. The van der Waals surface area contributed by atoms with Gasteiger partial charge in [-0.05, 0) is 30.9 Å². The number of aromatic nitrogens is 1. The summed E-state index contributed by atoms with van der Waals surface area (Å²) < 4.78 is 5.47. The van der Waals surface area contributed by atoms with Crippen molar-refractivity contribution in [3.63, 3.8) is 0 Å². The van der Waals surface area contributed by atoms with E-state index in [4.69, 9.17) is 17.0 Å². The fraction of sp³-hybridized carbons (Fsp3) is 0.611. The quantitative estimate of drug-likeness (QED) is 0.446. The van der Waals surface area contributed by atoms with Crippen molar-refractivity contribution < 1.29 is 9.53 Å². The molecule has 1 N–H and O–H groups in total. The summed E-state index contributed by atoms with van der Waals surface area (Å²) >= 11 is 5.26. The predicted octanol–water partition coefficient (Wildman–Crippen LogP) is 4.04. The summed E-state index contributed by atoms with van der Waals surface area (Å²) in [6.07, 6.45) is 10.5. The fourth-order valence-electron chi connectivity index (χ4n) is 3.16. The average Bonchev–Trinajstić information content (AvgIpc) is 2.60. The Kier molecular flexibility index (Phi) is 9.88. The summed E-state index contributed by atoms with van der Waals surface area (Å²) in [4.78, 5) is 17.1. The minimum atomic E-state index is -0.620. The molecule has 0 amide bonds. The molecule has 6 heteroatoms. The van der Waals surface area contributed by atoms with Gasteiger partial charge in [0.15, 0.2) is 0 Å². The second-order valence-electron chi connectivity index (χ2n) is 6.12. The summed E-state index contributed by atoms with van der Waals surface area (Å²) in [5.41, 5.74) is 0.629. The maximum atomic E-state index is 12.4. The lowest BCUT2D eigenvalue weighted by Crippen LogP contribution is -2.31. The Morgan fingerprint density at radius 3 is 2.75 bits per heavy atom. The van der Waals surface area contributed by atoms with Crippen LogP contribution >= 0.6 is 24.6 Å². The number of likely N-dealkylation sites (N-methyl/N-ethyl adjacent to an activating group) is 1. The number of pyridine rings is 1. The molecule has 1 heterocycles. The SMILES string of the molecule is CNC(=S)C(C(=O)OCCCC1CCCCC1)c1ccccn1.Cl. The molecule has 134 valence electrons. The minimum absolute atomic E-state index is 0. The summed E-state index contributed by atoms with van der Waals surface area (Å²) in [6, 6.07) is 5.47. The first-order valence-electron chi connectivity index (χ1n) is 8.51. The second-order valence-corrected chi connectivity index (χ2v) is 6.56. The van der Waals surface area contributed by atoms with E-state index >= 15 is 0 Å². The van der Waals surface area contributed by atoms with Crippen molar-refractivity contribution in [2.24, 2.45) is 5.92 Å². The minimum Gasteiger partial charge on any atom is -0.465 e. The van der Waals surface area contributed by atoms with Crippen molar-refractivity contribution in [1.29, 1.82) is 0 Å². The van der Waals surface area contributed by atoms with Crippen LogP contribution in [0.2, 0.25) is 0 Å². The highest BCUT2D eigenvalue weighted by Crippen LogP contribution is 2.27. The van der Waals surface area contributed by atoms with Gasteiger partial charge in [-0.1, -0.05) is 50.4 Å². The van der Waals surface area contributed by atoms with Crippen molar-refractivity contribution >= 4 is 35.6 Å². The lowest BCUT2D eigenvalue weighted by atomic mass is 9.86. The van der Waals surface area contributed by atoms with Gasteiger partial charge in [0.05, 0.1) is 17.3 Å². The van der Waals surface area contributed by atoms with E-state index in [1.165, 1.54) is 32.1 Å². The first-order chi connectivity index (χ1) is 11.2. The number of ether oxygens (including phenoxy) is 1. The summed E-state index contributed by atoms with van der Waals surface area (Å²) in [5, 5.41) is 2.88. The number of nitrogens with one attached hydrogen (secondary N) is 1. The zero-order chi connectivity index (χ0) is 16.5. The Morgan fingerprint density at radius 1 is 1.38 bits per heavy atom. The van der Waals surface area contributed by atoms with E-state index in [1.54, 1.807) is 19.3 Å². The topological polar surface area (TPSA) is 51.2 Å². The van der Waals surface area contributed by atoms with Gasteiger partial charge in [-0.15, -0.1) is 12.4 Å². The van der Waals surface area contributed by atoms with Gasteiger partial charge in [-0.2, -0.15) is 0 Å². The van der Waals surface area contributed by atoms with E-state index in [0.717, 1.165) is 18.8 Å². The van der Waals surface area contributed by atoms with Crippen LogP contribution in [0.25, 0.3) is 0 Å². The van der Waals surface area contributed by atoms with E-state index in [0.29, 0.717) is 17.3 Å². The first kappa shape index (κ1) is 20.8. The summed E-state index contributed by atoms with van der Waals surface area (Å²) in [5.74, 6) is -0.120. The number of esters is 1. The van der Waals surface area contributed by atoms with Crippen LogP contribution in [-0.4, -0.2) is 29.6 Å². The van der Waals surface area contributed by atoms with Crippen molar-refractivity contribution in [2.75, 3.05) is 13.7 Å². The third-order valence-electron chi connectivity index (χ3n) is 4.45. The standard InChI is InChI=1S/C18H26N2O2S.ClH/c1-19-17(23)16(15-11-5-6-12-20-15)18(21)22-13-7-10-14-8-3-2-4-9-14;/h5-6,11-12,14,16H,2-4,7-10,13H2,1H3,(H,19,23);1H. The molecule has 1 aromatic rings. The number of hydrogen-bond acceptors (Lipinski definition) is 4. The molecule has 0 radical (unpaired) electrons. The van der Waals surface area contributed by atoms with Crippen LogP contribution in [0.3, 0.4) is 0 Å². The lowest BCUT2D eigenvalue weighted by molar-refractivity contribution is -0.144. The summed E-state index contributed by atoms with van der Waals surface area (Å²) in [6.45, 7) is 0.463. The van der Waals surface area contributed by atoms with Crippen LogP contribution in [0.15, 0.2) is 24.4 Å². The first-order valence-corrected chi connectivity index (χ1v) is 8.92. The lowest BCUT2D eigenvalue weighted by Gasteiger charge is -2.21. The molecule has 0 aromatic carbocycles. The Hall–Kier alpha value is -1.20. The van der Waals surface area contributed by atoms with Gasteiger partial charge in [0.1, 0.15) is 5.92 Å². The van der Waals surface area contributed by atoms with Crippen molar-refractivity contribution in [1.82, 2.24) is 10.3 Å². The molecule has 0 spiro atoms. The highest BCUT2D eigenvalue weighted by Gasteiger charge is 2.27. The third kappa shape index (κ3) is 6.36. The second kappa shape index (κ2) is 11.4. The smallest absolute Gasteiger partial charge is 0.322 e. The van der Waals surface area contributed by atoms with E-state index in [1.807, 2.05) is 12.1 Å². The number of carbonyl (C=O) groups excluding carboxylic acids is 1. The molecule has 2 rings (SSSR count). The van der Waals surface area contributed by atoms with Crippen LogP contribution < -0.4 is 5.32 Å². The van der Waals surface area contributed by atoms with Crippen molar-refractivity contribution in [3.05, 3.63) is 30.1 Å². The van der Waals surface area contributed by atoms with Crippen LogP contribution in [0, 0.1) is 5.92 Å². The molecule has 1 fully saturated rings. The molecule has 1 aliphatic carbocycles. The number of nitrogens with zero attached hydrogens (tertiary/aromatic N) is 1. The van der Waals surface area contributed by atoms with Gasteiger partial charge >= 0.3 is 5.97 Å². The third-order valence-corrected chi connectivity index (χ3v) is 4.89. The zero-order valence-electron chi connectivity index (χ0n) is 14.2. The molecular formula is C18H27ClN2O2S. The maximum absolute atomic E-state index is 12.4. The van der Waals surface area contributed by atoms with Crippen molar-refractivity contribution in [2.45, 2.75) is 50.9 Å². The van der Waals surface area contributed by atoms with Crippen molar-refractivity contribution in [3.8, 4) is 0 Å². The Morgan fingerprint density at radius 2 is 2.12 bits per heavy atom. The van der Waals surface area contributed by atoms with Gasteiger partial charge in [0.2, 0.25) is 0 Å². The molecule has 24 heavy (non-hydrogen) atoms. The van der Waals surface area contributed by atoms with Gasteiger partial charge in [-0.25, -0.2) is 0 Å². The molecule has 1 unspecified atom stereocenters. The number of carbonyl (C=O) groups is 1. The molecule has 0 bridgehead atoms. The highest BCUT2D eigenvalue weighted by molar-refractivity contribution is 7.80. The molecule has 0 aliphatic heterocycles. The Balaban J connectivity index is 0.00000288. The molecule has 1 aromatic heterocycles. The largest absolute Gasteiger partial charge is 0.465 e. The normalized spacial score (nSPS) is 15.9. The van der Waals surface area contributed by atoms with E-state index in [9.17, 15) is 4.79 Å². The Bertz CT molecular complexity index is 507. The monoisotopic (exact) mass is 370 g/mol. The molecule has 0 saturated heterocycles. The average molecular weight is 371 g/mol. The van der Waals surface area contributed by atoms with Gasteiger partial charge in [0, 0.05) is 13.2 Å². The maximum Gasteiger partial charge on any atom is 0.322 e. The Labute approximate surface area is 156 Å². The van der Waals surface area contributed by atoms with Gasteiger partial charge in [0.25, 0.3) is 0 Å². The van der Waals surface area contributed by atoms with Crippen LogP contribution in [-0.2, 0) is 9.53 Å². The highest BCUT2D eigenvalue weighted by atomic mass is 35.5. The number of thiocarbonyl (C=S) groups is 1. The number of rotatable bonds is 7. The number of halogens is 1. The fourth-order valence-corrected chi connectivity index (χ4v) is 3.37. The van der Waals surface area contributed by atoms with Crippen LogP contribution in [0.1, 0.15) is 56.6 Å². The molecule has 1 aliphatic rings. The summed E-state index contributed by atoms with van der Waals surface area (Å²) in [7, 11) is 1.72. The molecular weight excluding hydrogens is 344 g/mol. The van der Waals surface area contributed by atoms with Crippen LogP contribution in [0.5, 0.6) is 0 Å². The van der Waals surface area contributed by atoms with E-state index in [2.05, 4.69) is 10.3 Å². The predicted molar refractivity (Wildman–Crippen MR) is 103 cm³/mol. The van der Waals surface area contributed by atoms with E-state index in [-0.39, 0.29) is 18.4 Å². The van der Waals surface area contributed by atoms with Crippen LogP contribution in [0.4, 0.5) is 0 Å². The molecule has 1 atom stereocenters. The number of hydrogen-bond donors (Lipinski definition) is 1. The molecule has 4 nitrogen and oxygen atoms in total. The zero-order valence-corrected chi connectivity index (χ0v) is 15.8. The van der Waals surface area contributed by atoms with Gasteiger partial charge in [-0.3, -0.25) is 9.78 Å². The van der Waals surface area contributed by atoms with Gasteiger partial charge < -0.3 is 10.1 Å². The van der Waals surface area contributed by atoms with E-state index < -0.39 is 5.92 Å².